The number of benzene rings is 1. The van der Waals surface area contributed by atoms with Gasteiger partial charge in [-0.05, 0) is 34.1 Å². The molecule has 21 heavy (non-hydrogen) atoms. The number of aliphatic carboxylic acids is 1. The lowest BCUT2D eigenvalue weighted by molar-refractivity contribution is -0.138. The van der Waals surface area contributed by atoms with Gasteiger partial charge in [-0.1, -0.05) is 11.6 Å². The molecule has 8 heteroatoms. The highest BCUT2D eigenvalue weighted by Gasteiger charge is 2.22. The standard InChI is InChI=1S/C13H15BrClN3O3/c14-10-7-9(15)1-2-11(10)16-13(21)18-5-3-17(4-6-18)8-12(19)20/h1-2,7H,3-6,8H2,(H,16,21)(H,19,20). The summed E-state index contributed by atoms with van der Waals surface area (Å²) in [7, 11) is 0. The number of carbonyl (C=O) groups is 2. The first-order chi connectivity index (χ1) is 9.95. The molecule has 1 aromatic rings. The number of rotatable bonds is 3. The largest absolute Gasteiger partial charge is 0.480 e. The average Bonchev–Trinajstić information content (AvgIpc) is 2.42. The highest BCUT2D eigenvalue weighted by molar-refractivity contribution is 9.10. The molecule has 2 rings (SSSR count). The summed E-state index contributed by atoms with van der Waals surface area (Å²) in [6, 6.07) is 4.94. The second-order valence-corrected chi connectivity index (χ2v) is 6.00. The van der Waals surface area contributed by atoms with Gasteiger partial charge in [-0.15, -0.1) is 0 Å². The number of piperazine rings is 1. The van der Waals surface area contributed by atoms with Gasteiger partial charge in [-0.25, -0.2) is 4.79 Å². The lowest BCUT2D eigenvalue weighted by atomic mass is 10.3. The van der Waals surface area contributed by atoms with E-state index >= 15 is 0 Å². The highest BCUT2D eigenvalue weighted by Crippen LogP contribution is 2.26. The van der Waals surface area contributed by atoms with E-state index in [0.717, 1.165) is 0 Å². The summed E-state index contributed by atoms with van der Waals surface area (Å²) >= 11 is 9.20. The number of nitrogens with one attached hydrogen (secondary N) is 1. The normalized spacial score (nSPS) is 15.8. The van der Waals surface area contributed by atoms with Gasteiger partial charge in [0.05, 0.1) is 12.2 Å². The number of anilines is 1. The third kappa shape index (κ3) is 4.59. The molecule has 0 aliphatic carbocycles. The average molecular weight is 377 g/mol. The fourth-order valence-electron chi connectivity index (χ4n) is 2.09. The number of halogens is 2. The Balaban J connectivity index is 1.89. The predicted octanol–water partition coefficient (Wildman–Crippen LogP) is 2.34. The zero-order valence-electron chi connectivity index (χ0n) is 11.2. The molecule has 2 N–H and O–H groups in total. The Hall–Kier alpha value is -1.31. The Morgan fingerprint density at radius 1 is 1.29 bits per heavy atom. The van der Waals surface area contributed by atoms with Gasteiger partial charge in [0.1, 0.15) is 0 Å². The molecule has 0 unspecified atom stereocenters. The van der Waals surface area contributed by atoms with Crippen LogP contribution in [-0.2, 0) is 4.79 Å². The lowest BCUT2D eigenvalue weighted by Gasteiger charge is -2.33. The van der Waals surface area contributed by atoms with Gasteiger partial charge in [-0.2, -0.15) is 0 Å². The van der Waals surface area contributed by atoms with Gasteiger partial charge in [0.2, 0.25) is 0 Å². The maximum atomic E-state index is 12.2. The van der Waals surface area contributed by atoms with Crippen LogP contribution in [0.25, 0.3) is 0 Å². The monoisotopic (exact) mass is 375 g/mol. The number of amides is 2. The Bertz CT molecular complexity index is 547. The van der Waals surface area contributed by atoms with Crippen molar-refractivity contribution in [1.29, 1.82) is 0 Å². The van der Waals surface area contributed by atoms with E-state index in [2.05, 4.69) is 21.2 Å². The highest BCUT2D eigenvalue weighted by atomic mass is 79.9. The number of hydrogen-bond acceptors (Lipinski definition) is 3. The Kier molecular flexibility index (Phi) is 5.44. The van der Waals surface area contributed by atoms with Crippen molar-refractivity contribution in [2.24, 2.45) is 0 Å². The number of hydrogen-bond donors (Lipinski definition) is 2. The molecule has 6 nitrogen and oxygen atoms in total. The molecule has 114 valence electrons. The van der Waals surface area contributed by atoms with Crippen LogP contribution in [-0.4, -0.2) is 59.6 Å². The van der Waals surface area contributed by atoms with Crippen molar-refractivity contribution in [2.75, 3.05) is 38.0 Å². The van der Waals surface area contributed by atoms with Crippen LogP contribution in [0.2, 0.25) is 5.02 Å². The van der Waals surface area contributed by atoms with Crippen LogP contribution >= 0.6 is 27.5 Å². The number of carboxylic acids is 1. The molecule has 1 aliphatic heterocycles. The molecule has 0 aromatic heterocycles. The Morgan fingerprint density at radius 3 is 2.52 bits per heavy atom. The van der Waals surface area contributed by atoms with Crippen molar-refractivity contribution in [3.05, 3.63) is 27.7 Å². The minimum absolute atomic E-state index is 0.0121. The molecular formula is C13H15BrClN3O3. The van der Waals surface area contributed by atoms with Gasteiger partial charge < -0.3 is 15.3 Å². The van der Waals surface area contributed by atoms with E-state index in [1.165, 1.54) is 0 Å². The van der Waals surface area contributed by atoms with Gasteiger partial charge in [0.15, 0.2) is 0 Å². The SMILES string of the molecule is O=C(O)CN1CCN(C(=O)Nc2ccc(Cl)cc2Br)CC1. The van der Waals surface area contributed by atoms with E-state index < -0.39 is 5.97 Å². The first-order valence-corrected chi connectivity index (χ1v) is 7.58. The molecule has 0 spiro atoms. The fourth-order valence-corrected chi connectivity index (χ4v) is 2.87. The molecule has 1 aliphatic rings. The molecule has 0 radical (unpaired) electrons. The minimum atomic E-state index is -0.849. The fraction of sp³-hybridized carbons (Fsp3) is 0.385. The van der Waals surface area contributed by atoms with Crippen molar-refractivity contribution in [1.82, 2.24) is 9.80 Å². The third-order valence-corrected chi connectivity index (χ3v) is 4.08. The minimum Gasteiger partial charge on any atom is -0.480 e. The summed E-state index contributed by atoms with van der Waals surface area (Å²) < 4.78 is 0.716. The zero-order valence-corrected chi connectivity index (χ0v) is 13.5. The molecule has 1 saturated heterocycles. The van der Waals surface area contributed by atoms with Crippen molar-refractivity contribution >= 4 is 45.2 Å². The smallest absolute Gasteiger partial charge is 0.321 e. The van der Waals surface area contributed by atoms with Gasteiger partial charge in [-0.3, -0.25) is 9.69 Å². The maximum absolute atomic E-state index is 12.2. The summed E-state index contributed by atoms with van der Waals surface area (Å²) in [6.07, 6.45) is 0. The van der Waals surface area contributed by atoms with Crippen molar-refractivity contribution < 1.29 is 14.7 Å². The van der Waals surface area contributed by atoms with E-state index in [0.29, 0.717) is 41.4 Å². The Morgan fingerprint density at radius 2 is 1.95 bits per heavy atom. The number of nitrogens with zero attached hydrogens (tertiary/aromatic N) is 2. The third-order valence-electron chi connectivity index (χ3n) is 3.19. The van der Waals surface area contributed by atoms with Crippen LogP contribution in [0, 0.1) is 0 Å². The Labute approximate surface area is 135 Å². The molecule has 2 amide bonds. The number of carbonyl (C=O) groups excluding carboxylic acids is 1. The second-order valence-electron chi connectivity index (χ2n) is 4.71. The van der Waals surface area contributed by atoms with E-state index in [4.69, 9.17) is 16.7 Å². The zero-order chi connectivity index (χ0) is 15.4. The van der Waals surface area contributed by atoms with Crippen LogP contribution in [0.15, 0.2) is 22.7 Å². The molecule has 1 heterocycles. The van der Waals surface area contributed by atoms with Gasteiger partial charge in [0.25, 0.3) is 0 Å². The predicted molar refractivity (Wildman–Crippen MR) is 83.8 cm³/mol. The summed E-state index contributed by atoms with van der Waals surface area (Å²) in [5, 5.41) is 12.1. The van der Waals surface area contributed by atoms with Crippen molar-refractivity contribution in [3.63, 3.8) is 0 Å². The molecule has 0 saturated carbocycles. The van der Waals surface area contributed by atoms with Crippen LogP contribution < -0.4 is 5.32 Å². The van der Waals surface area contributed by atoms with Crippen LogP contribution in [0.4, 0.5) is 10.5 Å². The van der Waals surface area contributed by atoms with E-state index in [-0.39, 0.29) is 12.6 Å². The number of carboxylic acid groups (broad SMARTS) is 1. The number of urea groups is 1. The molecular weight excluding hydrogens is 362 g/mol. The van der Waals surface area contributed by atoms with Gasteiger partial charge >= 0.3 is 12.0 Å². The summed E-state index contributed by atoms with van der Waals surface area (Å²) in [6.45, 7) is 2.13. The maximum Gasteiger partial charge on any atom is 0.321 e. The molecule has 0 bridgehead atoms. The topological polar surface area (TPSA) is 72.9 Å². The van der Waals surface area contributed by atoms with Gasteiger partial charge in [0, 0.05) is 35.7 Å². The first-order valence-electron chi connectivity index (χ1n) is 6.41. The molecule has 0 atom stereocenters. The van der Waals surface area contributed by atoms with Crippen LogP contribution in [0.5, 0.6) is 0 Å². The molecule has 1 fully saturated rings. The van der Waals surface area contributed by atoms with Crippen molar-refractivity contribution in [2.45, 2.75) is 0 Å². The van der Waals surface area contributed by atoms with Crippen LogP contribution in [0.1, 0.15) is 0 Å². The summed E-state index contributed by atoms with van der Waals surface area (Å²) in [4.78, 5) is 26.3. The van der Waals surface area contributed by atoms with Crippen LogP contribution in [0.3, 0.4) is 0 Å². The lowest BCUT2D eigenvalue weighted by Crippen LogP contribution is -2.51. The molecule has 1 aromatic carbocycles. The van der Waals surface area contributed by atoms with E-state index in [1.54, 1.807) is 23.1 Å². The summed E-state index contributed by atoms with van der Waals surface area (Å²) in [5.74, 6) is -0.849. The van der Waals surface area contributed by atoms with Crippen molar-refractivity contribution in [3.8, 4) is 0 Å². The second kappa shape index (κ2) is 7.11. The van der Waals surface area contributed by atoms with E-state index in [1.807, 2.05) is 4.90 Å². The van der Waals surface area contributed by atoms with E-state index in [9.17, 15) is 9.59 Å². The quantitative estimate of drug-likeness (QED) is 0.849. The first kappa shape index (κ1) is 16.1. The summed E-state index contributed by atoms with van der Waals surface area (Å²) in [5.41, 5.74) is 0.650.